The average Bonchev–Trinajstić information content (AvgIpc) is 2.69. The standard InChI is InChI=1S/C19H16ClN3O3S/c20-17-6-1-2-7-18(17)23-27(25,26)16-5-3-4-15(12-16)19(24)22-13-14-8-10-21-11-9-14/h1-12,23H,13H2,(H,22,24). The normalized spacial score (nSPS) is 11.0. The van der Waals surface area contributed by atoms with Crippen molar-refractivity contribution in [1.82, 2.24) is 10.3 Å². The van der Waals surface area contributed by atoms with Gasteiger partial charge in [0.05, 0.1) is 15.6 Å². The monoisotopic (exact) mass is 401 g/mol. The van der Waals surface area contributed by atoms with E-state index in [1.165, 1.54) is 18.2 Å². The highest BCUT2D eigenvalue weighted by Gasteiger charge is 2.17. The Hall–Kier alpha value is -2.90. The van der Waals surface area contributed by atoms with E-state index in [2.05, 4.69) is 15.0 Å². The lowest BCUT2D eigenvalue weighted by atomic mass is 10.2. The van der Waals surface area contributed by atoms with Crippen molar-refractivity contribution in [1.29, 1.82) is 0 Å². The minimum atomic E-state index is -3.88. The van der Waals surface area contributed by atoms with Gasteiger partial charge in [-0.15, -0.1) is 0 Å². The first kappa shape index (κ1) is 18.9. The molecule has 0 unspecified atom stereocenters. The number of carbonyl (C=O) groups excluding carboxylic acids is 1. The van der Waals surface area contributed by atoms with E-state index in [1.54, 1.807) is 54.9 Å². The number of hydrogen-bond acceptors (Lipinski definition) is 4. The van der Waals surface area contributed by atoms with Crippen LogP contribution in [0, 0.1) is 0 Å². The van der Waals surface area contributed by atoms with Crippen LogP contribution in [0.1, 0.15) is 15.9 Å². The third-order valence-corrected chi connectivity index (χ3v) is 5.42. The molecular formula is C19H16ClN3O3S. The topological polar surface area (TPSA) is 88.2 Å². The van der Waals surface area contributed by atoms with Gasteiger partial charge in [-0.25, -0.2) is 8.42 Å². The van der Waals surface area contributed by atoms with Crippen molar-refractivity contribution in [2.45, 2.75) is 11.4 Å². The van der Waals surface area contributed by atoms with Gasteiger partial charge < -0.3 is 5.32 Å². The maximum atomic E-state index is 12.6. The molecule has 3 aromatic rings. The molecule has 6 nitrogen and oxygen atoms in total. The maximum Gasteiger partial charge on any atom is 0.261 e. The van der Waals surface area contributed by atoms with Gasteiger partial charge in [0.1, 0.15) is 0 Å². The van der Waals surface area contributed by atoms with Gasteiger partial charge in [0, 0.05) is 24.5 Å². The summed E-state index contributed by atoms with van der Waals surface area (Å²) in [7, 11) is -3.88. The molecule has 1 aromatic heterocycles. The van der Waals surface area contributed by atoms with Gasteiger partial charge in [0.25, 0.3) is 15.9 Å². The van der Waals surface area contributed by atoms with E-state index >= 15 is 0 Å². The summed E-state index contributed by atoms with van der Waals surface area (Å²) in [5.41, 5.74) is 1.40. The molecule has 1 amide bonds. The first-order valence-corrected chi connectivity index (χ1v) is 9.86. The number of nitrogens with one attached hydrogen (secondary N) is 2. The lowest BCUT2D eigenvalue weighted by molar-refractivity contribution is 0.0950. The summed E-state index contributed by atoms with van der Waals surface area (Å²) in [4.78, 5) is 16.2. The molecular weight excluding hydrogens is 386 g/mol. The molecule has 0 atom stereocenters. The largest absolute Gasteiger partial charge is 0.348 e. The van der Waals surface area contributed by atoms with E-state index in [1.807, 2.05) is 0 Å². The van der Waals surface area contributed by atoms with Crippen LogP contribution in [0.3, 0.4) is 0 Å². The molecule has 0 saturated heterocycles. The van der Waals surface area contributed by atoms with Gasteiger partial charge >= 0.3 is 0 Å². The Morgan fingerprint density at radius 2 is 1.74 bits per heavy atom. The number of rotatable bonds is 6. The van der Waals surface area contributed by atoms with Crippen LogP contribution < -0.4 is 10.0 Å². The summed E-state index contributed by atoms with van der Waals surface area (Å²) in [6.07, 6.45) is 3.27. The molecule has 2 N–H and O–H groups in total. The SMILES string of the molecule is O=C(NCc1ccncc1)c1cccc(S(=O)(=O)Nc2ccccc2Cl)c1. The van der Waals surface area contributed by atoms with Gasteiger partial charge in [-0.2, -0.15) is 0 Å². The summed E-state index contributed by atoms with van der Waals surface area (Å²) >= 11 is 6.00. The Balaban J connectivity index is 1.76. The van der Waals surface area contributed by atoms with Crippen LogP contribution in [0.2, 0.25) is 5.02 Å². The highest BCUT2D eigenvalue weighted by molar-refractivity contribution is 7.92. The molecule has 8 heteroatoms. The van der Waals surface area contributed by atoms with E-state index in [9.17, 15) is 13.2 Å². The second-order valence-electron chi connectivity index (χ2n) is 5.65. The van der Waals surface area contributed by atoms with E-state index in [0.29, 0.717) is 6.54 Å². The first-order chi connectivity index (χ1) is 13.0. The van der Waals surface area contributed by atoms with E-state index < -0.39 is 10.0 Å². The molecule has 0 aliphatic heterocycles. The molecule has 2 aromatic carbocycles. The fourth-order valence-electron chi connectivity index (χ4n) is 2.34. The van der Waals surface area contributed by atoms with Crippen LogP contribution in [-0.4, -0.2) is 19.3 Å². The molecule has 0 aliphatic carbocycles. The number of benzene rings is 2. The molecule has 138 valence electrons. The number of carbonyl (C=O) groups is 1. The zero-order valence-electron chi connectivity index (χ0n) is 14.1. The van der Waals surface area contributed by atoms with Crippen LogP contribution >= 0.6 is 11.6 Å². The Kier molecular flexibility index (Phi) is 5.73. The van der Waals surface area contributed by atoms with Gasteiger partial charge in [-0.1, -0.05) is 29.8 Å². The number of hydrogen-bond donors (Lipinski definition) is 2. The molecule has 0 saturated carbocycles. The highest BCUT2D eigenvalue weighted by atomic mass is 35.5. The van der Waals surface area contributed by atoms with Crippen molar-refractivity contribution in [3.8, 4) is 0 Å². The van der Waals surface area contributed by atoms with Crippen molar-refractivity contribution in [2.24, 2.45) is 0 Å². The predicted molar refractivity (Wildman–Crippen MR) is 104 cm³/mol. The van der Waals surface area contributed by atoms with Crippen LogP contribution in [0.5, 0.6) is 0 Å². The molecule has 27 heavy (non-hydrogen) atoms. The summed E-state index contributed by atoms with van der Waals surface area (Å²) in [5, 5.41) is 3.03. The predicted octanol–water partition coefficient (Wildman–Crippen LogP) is 3.47. The summed E-state index contributed by atoms with van der Waals surface area (Å²) in [6, 6.07) is 15.9. The Labute approximate surface area is 162 Å². The smallest absolute Gasteiger partial charge is 0.261 e. The van der Waals surface area contributed by atoms with Crippen molar-refractivity contribution in [3.05, 3.63) is 89.2 Å². The molecule has 0 fully saturated rings. The lowest BCUT2D eigenvalue weighted by Crippen LogP contribution is -2.23. The minimum Gasteiger partial charge on any atom is -0.348 e. The minimum absolute atomic E-state index is 0.0287. The van der Waals surface area contributed by atoms with Gasteiger partial charge in [0.15, 0.2) is 0 Å². The molecule has 1 heterocycles. The number of anilines is 1. The number of halogens is 1. The number of amides is 1. The van der Waals surface area contributed by atoms with Gasteiger partial charge in [0.2, 0.25) is 0 Å². The van der Waals surface area contributed by atoms with Crippen LogP contribution in [-0.2, 0) is 16.6 Å². The van der Waals surface area contributed by atoms with E-state index in [4.69, 9.17) is 11.6 Å². The fourth-order valence-corrected chi connectivity index (χ4v) is 3.70. The maximum absolute atomic E-state index is 12.6. The Bertz CT molecular complexity index is 1060. The van der Waals surface area contributed by atoms with Crippen LogP contribution in [0.4, 0.5) is 5.69 Å². The molecule has 0 bridgehead atoms. The fraction of sp³-hybridized carbons (Fsp3) is 0.0526. The van der Waals surface area contributed by atoms with Gasteiger partial charge in [-0.05, 0) is 48.0 Å². The molecule has 0 aliphatic rings. The zero-order chi connectivity index (χ0) is 19.3. The van der Waals surface area contributed by atoms with Crippen LogP contribution in [0.15, 0.2) is 78.0 Å². The zero-order valence-corrected chi connectivity index (χ0v) is 15.7. The first-order valence-electron chi connectivity index (χ1n) is 8.00. The summed E-state index contributed by atoms with van der Waals surface area (Å²) in [6.45, 7) is 0.316. The summed E-state index contributed by atoms with van der Waals surface area (Å²) < 4.78 is 27.6. The number of sulfonamides is 1. The highest BCUT2D eigenvalue weighted by Crippen LogP contribution is 2.24. The number of nitrogens with zero attached hydrogens (tertiary/aromatic N) is 1. The lowest BCUT2D eigenvalue weighted by Gasteiger charge is -2.11. The number of aromatic nitrogens is 1. The third-order valence-electron chi connectivity index (χ3n) is 3.73. The molecule has 3 rings (SSSR count). The molecule has 0 radical (unpaired) electrons. The van der Waals surface area contributed by atoms with E-state index in [0.717, 1.165) is 5.56 Å². The van der Waals surface area contributed by atoms with Crippen molar-refractivity contribution < 1.29 is 13.2 Å². The second kappa shape index (κ2) is 8.20. The Morgan fingerprint density at radius 1 is 1.00 bits per heavy atom. The van der Waals surface area contributed by atoms with Crippen molar-refractivity contribution >= 4 is 33.2 Å². The number of pyridine rings is 1. The average molecular weight is 402 g/mol. The third kappa shape index (κ3) is 4.84. The quantitative estimate of drug-likeness (QED) is 0.662. The van der Waals surface area contributed by atoms with Crippen molar-refractivity contribution in [3.63, 3.8) is 0 Å². The van der Waals surface area contributed by atoms with Crippen LogP contribution in [0.25, 0.3) is 0 Å². The number of para-hydroxylation sites is 1. The Morgan fingerprint density at radius 3 is 2.48 bits per heavy atom. The van der Waals surface area contributed by atoms with Crippen molar-refractivity contribution in [2.75, 3.05) is 4.72 Å². The van der Waals surface area contributed by atoms with E-state index in [-0.39, 0.29) is 27.1 Å². The van der Waals surface area contributed by atoms with Gasteiger partial charge in [-0.3, -0.25) is 14.5 Å². The second-order valence-corrected chi connectivity index (χ2v) is 7.74. The summed E-state index contributed by atoms with van der Waals surface area (Å²) in [5.74, 6) is -0.374. The molecule has 0 spiro atoms.